The number of carbonyl (C=O) groups excluding carboxylic acids is 1. The maximum absolute atomic E-state index is 11.6. The lowest BCUT2D eigenvalue weighted by molar-refractivity contribution is 0.100. The Morgan fingerprint density at radius 1 is 1.33 bits per heavy atom. The van der Waals surface area contributed by atoms with E-state index in [-0.39, 0.29) is 17.4 Å². The summed E-state index contributed by atoms with van der Waals surface area (Å²) < 4.78 is 25.1. The van der Waals surface area contributed by atoms with Gasteiger partial charge in [-0.15, -0.1) is 10.2 Å². The van der Waals surface area contributed by atoms with Crippen molar-refractivity contribution in [1.82, 2.24) is 14.8 Å². The molecule has 1 amide bonds. The molecule has 0 bridgehead atoms. The number of primary amides is 1. The molecule has 24 heavy (non-hydrogen) atoms. The van der Waals surface area contributed by atoms with Crippen molar-refractivity contribution in [3.05, 3.63) is 41.2 Å². The largest absolute Gasteiger partial charge is 0.366 e. The van der Waals surface area contributed by atoms with Gasteiger partial charge in [0.2, 0.25) is 5.91 Å². The summed E-state index contributed by atoms with van der Waals surface area (Å²) in [5.74, 6) is 1.25. The molecule has 2 heterocycles. The summed E-state index contributed by atoms with van der Waals surface area (Å²) in [6, 6.07) is 7.11. The predicted molar refractivity (Wildman–Crippen MR) is 91.5 cm³/mol. The van der Waals surface area contributed by atoms with Crippen molar-refractivity contribution < 1.29 is 13.2 Å². The molecule has 0 unspecified atom stereocenters. The Balaban J connectivity index is 1.67. The van der Waals surface area contributed by atoms with Gasteiger partial charge in [-0.25, -0.2) is 8.42 Å². The number of carbonyl (C=O) groups is 1. The second-order valence-corrected chi connectivity index (χ2v) is 9.02. The Hall–Kier alpha value is -1.87. The molecular weight excluding hydrogens is 348 g/mol. The fourth-order valence-electron chi connectivity index (χ4n) is 2.72. The number of aromatic nitrogens is 3. The van der Waals surface area contributed by atoms with Gasteiger partial charge in [0.25, 0.3) is 0 Å². The average Bonchev–Trinajstić information content (AvgIpc) is 3.08. The lowest BCUT2D eigenvalue weighted by Crippen LogP contribution is -2.10. The van der Waals surface area contributed by atoms with Gasteiger partial charge in [0.1, 0.15) is 5.82 Å². The molecule has 0 radical (unpaired) electrons. The van der Waals surface area contributed by atoms with E-state index in [0.29, 0.717) is 17.7 Å². The number of thioether (sulfide) groups is 1. The lowest BCUT2D eigenvalue weighted by Gasteiger charge is -2.08. The highest BCUT2D eigenvalue weighted by Gasteiger charge is 2.32. The quantitative estimate of drug-likeness (QED) is 0.794. The Morgan fingerprint density at radius 3 is 2.62 bits per heavy atom. The van der Waals surface area contributed by atoms with Gasteiger partial charge in [0.15, 0.2) is 15.0 Å². The van der Waals surface area contributed by atoms with Crippen molar-refractivity contribution >= 4 is 27.5 Å². The van der Waals surface area contributed by atoms with E-state index in [9.17, 15) is 13.2 Å². The first-order valence-corrected chi connectivity index (χ1v) is 10.3. The zero-order valence-electron chi connectivity index (χ0n) is 13.2. The minimum atomic E-state index is -2.94. The molecule has 0 aliphatic carbocycles. The number of nitrogens with two attached hydrogens (primary N) is 1. The summed E-state index contributed by atoms with van der Waals surface area (Å²) in [6.07, 6.45) is 0.605. The molecule has 1 aromatic carbocycles. The first-order chi connectivity index (χ1) is 11.4. The number of rotatable bonds is 5. The third kappa shape index (κ3) is 3.62. The Labute approximate surface area is 144 Å². The predicted octanol–water partition coefficient (Wildman–Crippen LogP) is 1.11. The fraction of sp³-hybridized carbons (Fsp3) is 0.400. The van der Waals surface area contributed by atoms with E-state index in [4.69, 9.17) is 5.73 Å². The van der Waals surface area contributed by atoms with Crippen LogP contribution in [0.2, 0.25) is 0 Å². The summed E-state index contributed by atoms with van der Waals surface area (Å²) in [6.45, 7) is 0. The monoisotopic (exact) mass is 366 g/mol. The molecule has 128 valence electrons. The number of benzene rings is 1. The average molecular weight is 366 g/mol. The molecule has 1 atom stereocenters. The first kappa shape index (κ1) is 17.0. The van der Waals surface area contributed by atoms with Crippen LogP contribution < -0.4 is 5.73 Å². The van der Waals surface area contributed by atoms with E-state index in [1.807, 2.05) is 23.7 Å². The summed E-state index contributed by atoms with van der Waals surface area (Å²) in [7, 11) is -1.08. The van der Waals surface area contributed by atoms with Crippen molar-refractivity contribution in [1.29, 1.82) is 0 Å². The van der Waals surface area contributed by atoms with Crippen LogP contribution in [0.4, 0.5) is 0 Å². The van der Waals surface area contributed by atoms with Gasteiger partial charge in [0.05, 0.1) is 11.5 Å². The highest BCUT2D eigenvalue weighted by molar-refractivity contribution is 7.98. The van der Waals surface area contributed by atoms with Gasteiger partial charge in [-0.05, 0) is 24.1 Å². The molecule has 0 saturated carbocycles. The van der Waals surface area contributed by atoms with Crippen molar-refractivity contribution in [3.8, 4) is 0 Å². The first-order valence-electron chi connectivity index (χ1n) is 7.47. The van der Waals surface area contributed by atoms with Gasteiger partial charge < -0.3 is 10.3 Å². The van der Waals surface area contributed by atoms with E-state index in [2.05, 4.69) is 10.2 Å². The molecule has 2 aromatic rings. The van der Waals surface area contributed by atoms with Crippen molar-refractivity contribution in [3.63, 3.8) is 0 Å². The van der Waals surface area contributed by atoms with Gasteiger partial charge >= 0.3 is 0 Å². The molecule has 1 aliphatic heterocycles. The Kier molecular flexibility index (Phi) is 4.64. The van der Waals surface area contributed by atoms with Crippen molar-refractivity contribution in [2.75, 3.05) is 11.5 Å². The number of nitrogens with zero attached hydrogens (tertiary/aromatic N) is 3. The van der Waals surface area contributed by atoms with Crippen LogP contribution in [0.25, 0.3) is 0 Å². The highest BCUT2D eigenvalue weighted by Crippen LogP contribution is 2.30. The lowest BCUT2D eigenvalue weighted by atomic mass is 10.1. The van der Waals surface area contributed by atoms with E-state index >= 15 is 0 Å². The second kappa shape index (κ2) is 6.56. The van der Waals surface area contributed by atoms with Crippen LogP contribution in [0, 0.1) is 0 Å². The maximum atomic E-state index is 11.6. The SMILES string of the molecule is Cn1c(SCc2ccc(C(N)=O)cc2)nnc1[C@H]1CCS(=O)(=O)C1. The zero-order chi connectivity index (χ0) is 17.3. The summed E-state index contributed by atoms with van der Waals surface area (Å²) in [5.41, 5.74) is 6.74. The van der Waals surface area contributed by atoms with Crippen molar-refractivity contribution in [2.45, 2.75) is 23.2 Å². The standard InChI is InChI=1S/C15H18N4O3S2/c1-19-14(12-6-7-24(21,22)9-12)17-18-15(19)23-8-10-2-4-11(5-3-10)13(16)20/h2-5,12H,6-9H2,1H3,(H2,16,20)/t12-/m0/s1. The molecule has 1 saturated heterocycles. The van der Waals surface area contributed by atoms with Gasteiger partial charge in [-0.2, -0.15) is 0 Å². The van der Waals surface area contributed by atoms with Crippen LogP contribution in [0.15, 0.2) is 29.4 Å². The number of hydrogen-bond donors (Lipinski definition) is 1. The third-order valence-electron chi connectivity index (χ3n) is 4.07. The van der Waals surface area contributed by atoms with Crippen LogP contribution in [-0.4, -0.2) is 40.6 Å². The van der Waals surface area contributed by atoms with E-state index < -0.39 is 15.7 Å². The molecule has 1 aromatic heterocycles. The smallest absolute Gasteiger partial charge is 0.248 e. The summed E-state index contributed by atoms with van der Waals surface area (Å²) in [5, 5.41) is 9.10. The zero-order valence-corrected chi connectivity index (χ0v) is 14.8. The molecular formula is C15H18N4O3S2. The van der Waals surface area contributed by atoms with Gasteiger partial charge in [0, 0.05) is 24.3 Å². The van der Waals surface area contributed by atoms with Crippen LogP contribution in [-0.2, 0) is 22.6 Å². The van der Waals surface area contributed by atoms with Crippen LogP contribution >= 0.6 is 11.8 Å². The summed E-state index contributed by atoms with van der Waals surface area (Å²) >= 11 is 1.52. The number of hydrogen-bond acceptors (Lipinski definition) is 6. The topological polar surface area (TPSA) is 108 Å². The van der Waals surface area contributed by atoms with Gasteiger partial charge in [-0.1, -0.05) is 23.9 Å². The molecule has 3 rings (SSSR count). The number of sulfone groups is 1. The summed E-state index contributed by atoms with van der Waals surface area (Å²) in [4.78, 5) is 11.1. The fourth-order valence-corrected chi connectivity index (χ4v) is 5.33. The Bertz CT molecular complexity index is 859. The molecule has 0 spiro atoms. The highest BCUT2D eigenvalue weighted by atomic mass is 32.2. The molecule has 1 fully saturated rings. The van der Waals surface area contributed by atoms with Gasteiger partial charge in [-0.3, -0.25) is 4.79 Å². The van der Waals surface area contributed by atoms with Crippen LogP contribution in [0.3, 0.4) is 0 Å². The molecule has 9 heteroatoms. The van der Waals surface area contributed by atoms with E-state index in [1.165, 1.54) is 11.8 Å². The minimum absolute atomic E-state index is 0.0725. The third-order valence-corrected chi connectivity index (χ3v) is 6.93. The molecule has 7 nitrogen and oxygen atoms in total. The minimum Gasteiger partial charge on any atom is -0.366 e. The van der Waals surface area contributed by atoms with Crippen LogP contribution in [0.1, 0.15) is 34.1 Å². The Morgan fingerprint density at radius 2 is 2.04 bits per heavy atom. The molecule has 1 aliphatic rings. The van der Waals surface area contributed by atoms with Crippen LogP contribution in [0.5, 0.6) is 0 Å². The van der Waals surface area contributed by atoms with E-state index in [1.54, 1.807) is 12.1 Å². The molecule has 2 N–H and O–H groups in total. The second-order valence-electron chi connectivity index (χ2n) is 5.85. The normalized spacial score (nSPS) is 19.5. The maximum Gasteiger partial charge on any atom is 0.248 e. The number of amides is 1. The van der Waals surface area contributed by atoms with E-state index in [0.717, 1.165) is 16.5 Å². The van der Waals surface area contributed by atoms with Crippen molar-refractivity contribution in [2.24, 2.45) is 12.8 Å².